The van der Waals surface area contributed by atoms with Gasteiger partial charge in [-0.2, -0.15) is 0 Å². The van der Waals surface area contributed by atoms with Gasteiger partial charge in [-0.05, 0) is 50.7 Å². The van der Waals surface area contributed by atoms with Crippen molar-refractivity contribution >= 4 is 0 Å². The molecular weight excluding hydrogens is 180 g/mol. The predicted molar refractivity (Wildman–Crippen MR) is 68.9 cm³/mol. The van der Waals surface area contributed by atoms with E-state index in [-0.39, 0.29) is 0 Å². The molecule has 1 fully saturated rings. The van der Waals surface area contributed by atoms with Gasteiger partial charge < -0.3 is 0 Å². The molecule has 1 rings (SSSR count). The molecule has 0 atom stereocenters. The second-order valence-corrected chi connectivity index (χ2v) is 4.90. The van der Waals surface area contributed by atoms with Gasteiger partial charge in [0.2, 0.25) is 0 Å². The van der Waals surface area contributed by atoms with Gasteiger partial charge in [0.25, 0.3) is 0 Å². The standard InChI is InChI=1S/C15H24/c1-5-15(13(4)11-12(2)3)14-9-7-6-8-10-14/h5,11,14H,1,6-10H2,2-4H3/b15-13+. The summed E-state index contributed by atoms with van der Waals surface area (Å²) in [6.07, 6.45) is 11.3. The maximum Gasteiger partial charge on any atom is -0.0160 e. The Morgan fingerprint density at radius 2 is 1.67 bits per heavy atom. The van der Waals surface area contributed by atoms with Crippen LogP contribution in [0.4, 0.5) is 0 Å². The zero-order chi connectivity index (χ0) is 11.3. The molecule has 0 unspecified atom stereocenters. The first-order chi connectivity index (χ1) is 7.15. The van der Waals surface area contributed by atoms with Gasteiger partial charge in [0.05, 0.1) is 0 Å². The average molecular weight is 204 g/mol. The smallest absolute Gasteiger partial charge is 0.0160 e. The van der Waals surface area contributed by atoms with Crippen LogP contribution in [-0.2, 0) is 0 Å². The van der Waals surface area contributed by atoms with E-state index in [2.05, 4.69) is 39.5 Å². The van der Waals surface area contributed by atoms with Crippen molar-refractivity contribution < 1.29 is 0 Å². The van der Waals surface area contributed by atoms with E-state index in [0.29, 0.717) is 0 Å². The minimum Gasteiger partial charge on any atom is -0.0988 e. The fourth-order valence-corrected chi connectivity index (χ4v) is 2.58. The van der Waals surface area contributed by atoms with Crippen molar-refractivity contribution in [3.63, 3.8) is 0 Å². The molecule has 15 heavy (non-hydrogen) atoms. The second kappa shape index (κ2) is 5.95. The Kier molecular flexibility index (Phi) is 4.87. The van der Waals surface area contributed by atoms with Crippen molar-refractivity contribution in [3.8, 4) is 0 Å². The van der Waals surface area contributed by atoms with E-state index in [1.807, 2.05) is 0 Å². The largest absolute Gasteiger partial charge is 0.0988 e. The quantitative estimate of drug-likeness (QED) is 0.565. The molecule has 0 nitrogen and oxygen atoms in total. The van der Waals surface area contributed by atoms with E-state index in [9.17, 15) is 0 Å². The summed E-state index contributed by atoms with van der Waals surface area (Å²) >= 11 is 0. The fraction of sp³-hybridized carbons (Fsp3) is 0.600. The first-order valence-electron chi connectivity index (χ1n) is 6.13. The highest BCUT2D eigenvalue weighted by Crippen LogP contribution is 2.32. The molecule has 0 aromatic heterocycles. The summed E-state index contributed by atoms with van der Waals surface area (Å²) < 4.78 is 0. The molecular formula is C15H24. The summed E-state index contributed by atoms with van der Waals surface area (Å²) in [5, 5.41) is 0. The van der Waals surface area contributed by atoms with Crippen LogP contribution in [0.25, 0.3) is 0 Å². The van der Waals surface area contributed by atoms with Crippen LogP contribution in [0.3, 0.4) is 0 Å². The Morgan fingerprint density at radius 1 is 1.07 bits per heavy atom. The number of rotatable bonds is 3. The summed E-state index contributed by atoms with van der Waals surface area (Å²) in [5.41, 5.74) is 4.27. The van der Waals surface area contributed by atoms with Crippen LogP contribution >= 0.6 is 0 Å². The van der Waals surface area contributed by atoms with Crippen molar-refractivity contribution in [2.45, 2.75) is 52.9 Å². The molecule has 1 aliphatic carbocycles. The number of allylic oxidation sites excluding steroid dienone is 5. The lowest BCUT2D eigenvalue weighted by atomic mass is 9.82. The third-order valence-electron chi connectivity index (χ3n) is 3.23. The van der Waals surface area contributed by atoms with E-state index < -0.39 is 0 Å². The van der Waals surface area contributed by atoms with Gasteiger partial charge in [0.15, 0.2) is 0 Å². The minimum absolute atomic E-state index is 0.770. The van der Waals surface area contributed by atoms with Crippen molar-refractivity contribution in [1.82, 2.24) is 0 Å². The summed E-state index contributed by atoms with van der Waals surface area (Å²) in [7, 11) is 0. The summed E-state index contributed by atoms with van der Waals surface area (Å²) in [6, 6.07) is 0. The molecule has 1 saturated carbocycles. The first-order valence-corrected chi connectivity index (χ1v) is 6.13. The summed E-state index contributed by atoms with van der Waals surface area (Å²) in [5.74, 6) is 0.770. The van der Waals surface area contributed by atoms with Crippen molar-refractivity contribution in [1.29, 1.82) is 0 Å². The van der Waals surface area contributed by atoms with Crippen LogP contribution in [0.5, 0.6) is 0 Å². The molecule has 0 heteroatoms. The molecule has 84 valence electrons. The maximum absolute atomic E-state index is 3.98. The van der Waals surface area contributed by atoms with E-state index in [1.54, 1.807) is 0 Å². The van der Waals surface area contributed by atoms with Gasteiger partial charge in [0, 0.05) is 0 Å². The van der Waals surface area contributed by atoms with E-state index >= 15 is 0 Å². The average Bonchev–Trinajstić information content (AvgIpc) is 2.19. The van der Waals surface area contributed by atoms with Gasteiger partial charge in [-0.15, -0.1) is 0 Å². The zero-order valence-electron chi connectivity index (χ0n) is 10.5. The lowest BCUT2D eigenvalue weighted by Crippen LogP contribution is -2.09. The van der Waals surface area contributed by atoms with Gasteiger partial charge in [-0.3, -0.25) is 0 Å². The molecule has 1 aliphatic rings. The monoisotopic (exact) mass is 204 g/mol. The molecule has 0 N–H and O–H groups in total. The lowest BCUT2D eigenvalue weighted by Gasteiger charge is -2.24. The number of hydrogen-bond donors (Lipinski definition) is 0. The Morgan fingerprint density at radius 3 is 2.13 bits per heavy atom. The Balaban J connectivity index is 2.84. The highest BCUT2D eigenvalue weighted by Gasteiger charge is 2.16. The lowest BCUT2D eigenvalue weighted by molar-refractivity contribution is 0.407. The molecule has 0 aromatic carbocycles. The van der Waals surface area contributed by atoms with Gasteiger partial charge in [0.1, 0.15) is 0 Å². The van der Waals surface area contributed by atoms with E-state index in [1.165, 1.54) is 48.8 Å². The highest BCUT2D eigenvalue weighted by molar-refractivity contribution is 5.34. The van der Waals surface area contributed by atoms with Crippen LogP contribution in [0, 0.1) is 5.92 Å². The molecule has 0 heterocycles. The molecule has 0 bridgehead atoms. The Labute approximate surface area is 94.8 Å². The van der Waals surface area contributed by atoms with Gasteiger partial charge in [-0.25, -0.2) is 0 Å². The van der Waals surface area contributed by atoms with Crippen LogP contribution < -0.4 is 0 Å². The summed E-state index contributed by atoms with van der Waals surface area (Å²) in [6.45, 7) is 10.5. The highest BCUT2D eigenvalue weighted by atomic mass is 14.2. The van der Waals surface area contributed by atoms with Crippen molar-refractivity contribution in [2.75, 3.05) is 0 Å². The first kappa shape index (κ1) is 12.3. The third kappa shape index (κ3) is 3.70. The van der Waals surface area contributed by atoms with Crippen LogP contribution in [-0.4, -0.2) is 0 Å². The third-order valence-corrected chi connectivity index (χ3v) is 3.23. The van der Waals surface area contributed by atoms with Crippen molar-refractivity contribution in [2.24, 2.45) is 5.92 Å². The van der Waals surface area contributed by atoms with Gasteiger partial charge in [-0.1, -0.05) is 43.6 Å². The molecule has 0 amide bonds. The molecule has 0 saturated heterocycles. The molecule has 0 aliphatic heterocycles. The SMILES string of the molecule is C=C/C(=C(/C)C=C(C)C)C1CCCCC1. The molecule has 0 aromatic rings. The number of hydrogen-bond acceptors (Lipinski definition) is 0. The van der Waals surface area contributed by atoms with E-state index in [0.717, 1.165) is 5.92 Å². The molecule has 0 spiro atoms. The topological polar surface area (TPSA) is 0 Å². The minimum atomic E-state index is 0.770. The Bertz CT molecular complexity index is 268. The zero-order valence-corrected chi connectivity index (χ0v) is 10.5. The van der Waals surface area contributed by atoms with Crippen molar-refractivity contribution in [3.05, 3.63) is 35.5 Å². The van der Waals surface area contributed by atoms with Gasteiger partial charge >= 0.3 is 0 Å². The Hall–Kier alpha value is -0.780. The van der Waals surface area contributed by atoms with Crippen LogP contribution in [0.15, 0.2) is 35.5 Å². The van der Waals surface area contributed by atoms with Crippen LogP contribution in [0.1, 0.15) is 52.9 Å². The summed E-state index contributed by atoms with van der Waals surface area (Å²) in [4.78, 5) is 0. The molecule has 0 radical (unpaired) electrons. The normalized spacial score (nSPS) is 19.4. The predicted octanol–water partition coefficient (Wildman–Crippen LogP) is 5.04. The second-order valence-electron chi connectivity index (χ2n) is 4.90. The van der Waals surface area contributed by atoms with E-state index in [4.69, 9.17) is 0 Å². The fourth-order valence-electron chi connectivity index (χ4n) is 2.58. The van der Waals surface area contributed by atoms with Crippen LogP contribution in [0.2, 0.25) is 0 Å². The maximum atomic E-state index is 3.98.